The van der Waals surface area contributed by atoms with Crippen LogP contribution in [0.4, 0.5) is 10.1 Å². The Morgan fingerprint density at radius 3 is 2.62 bits per heavy atom. The number of nitrogens with zero attached hydrogens (tertiary/aromatic N) is 1. The summed E-state index contributed by atoms with van der Waals surface area (Å²) in [4.78, 5) is 12.6. The Kier molecular flexibility index (Phi) is 3.05. The van der Waals surface area contributed by atoms with Crippen LogP contribution in [-0.4, -0.2) is 37.4 Å². The highest BCUT2D eigenvalue weighted by molar-refractivity contribution is 5.88. The van der Waals surface area contributed by atoms with E-state index in [0.29, 0.717) is 32.0 Å². The summed E-state index contributed by atoms with van der Waals surface area (Å²) in [6, 6.07) is 4.18. The van der Waals surface area contributed by atoms with Crippen LogP contribution >= 0.6 is 0 Å². The molecule has 1 saturated heterocycles. The summed E-state index contributed by atoms with van der Waals surface area (Å²) in [6.45, 7) is 2.63. The zero-order chi connectivity index (χ0) is 11.5. The van der Waals surface area contributed by atoms with Crippen LogP contribution in [0.25, 0.3) is 0 Å². The SMILES string of the molecule is O=C(O)c1ccc(N2CCOCC2)cc1F. The summed E-state index contributed by atoms with van der Waals surface area (Å²) in [5.41, 5.74) is 0.405. The molecule has 5 heteroatoms. The fourth-order valence-corrected chi connectivity index (χ4v) is 1.70. The van der Waals surface area contributed by atoms with Gasteiger partial charge in [-0.25, -0.2) is 9.18 Å². The van der Waals surface area contributed by atoms with Crippen molar-refractivity contribution in [1.82, 2.24) is 0 Å². The van der Waals surface area contributed by atoms with Gasteiger partial charge in [0.1, 0.15) is 5.82 Å². The van der Waals surface area contributed by atoms with Crippen molar-refractivity contribution < 1.29 is 19.0 Å². The summed E-state index contributed by atoms with van der Waals surface area (Å²) in [7, 11) is 0. The maximum Gasteiger partial charge on any atom is 0.338 e. The molecule has 0 radical (unpaired) electrons. The summed E-state index contributed by atoms with van der Waals surface area (Å²) >= 11 is 0. The van der Waals surface area contributed by atoms with E-state index in [2.05, 4.69) is 0 Å². The second-order valence-electron chi connectivity index (χ2n) is 3.57. The number of carboxylic acid groups (broad SMARTS) is 1. The van der Waals surface area contributed by atoms with Crippen LogP contribution in [0.5, 0.6) is 0 Å². The zero-order valence-electron chi connectivity index (χ0n) is 8.65. The van der Waals surface area contributed by atoms with E-state index < -0.39 is 11.8 Å². The van der Waals surface area contributed by atoms with Crippen molar-refractivity contribution in [2.75, 3.05) is 31.2 Å². The van der Waals surface area contributed by atoms with E-state index in [-0.39, 0.29) is 5.56 Å². The fraction of sp³-hybridized carbons (Fsp3) is 0.364. The average Bonchev–Trinajstić information content (AvgIpc) is 2.29. The Balaban J connectivity index is 2.23. The molecule has 0 saturated carbocycles. The number of carboxylic acids is 1. The van der Waals surface area contributed by atoms with Crippen molar-refractivity contribution in [3.05, 3.63) is 29.6 Å². The van der Waals surface area contributed by atoms with Gasteiger partial charge in [0, 0.05) is 18.8 Å². The zero-order valence-corrected chi connectivity index (χ0v) is 8.65. The van der Waals surface area contributed by atoms with Crippen molar-refractivity contribution in [2.24, 2.45) is 0 Å². The lowest BCUT2D eigenvalue weighted by molar-refractivity contribution is 0.0692. The molecule has 1 aliphatic heterocycles. The summed E-state index contributed by atoms with van der Waals surface area (Å²) < 4.78 is 18.6. The van der Waals surface area contributed by atoms with E-state index in [1.165, 1.54) is 12.1 Å². The maximum atomic E-state index is 13.4. The van der Waals surface area contributed by atoms with Gasteiger partial charge in [-0.3, -0.25) is 0 Å². The van der Waals surface area contributed by atoms with Gasteiger partial charge in [-0.1, -0.05) is 0 Å². The van der Waals surface area contributed by atoms with E-state index in [4.69, 9.17) is 9.84 Å². The first-order valence-electron chi connectivity index (χ1n) is 5.04. The summed E-state index contributed by atoms with van der Waals surface area (Å²) in [6.07, 6.45) is 0. The number of anilines is 1. The van der Waals surface area contributed by atoms with Crippen molar-refractivity contribution in [1.29, 1.82) is 0 Å². The van der Waals surface area contributed by atoms with Gasteiger partial charge in [-0.05, 0) is 18.2 Å². The normalized spacial score (nSPS) is 16.2. The van der Waals surface area contributed by atoms with Gasteiger partial charge in [0.2, 0.25) is 0 Å². The summed E-state index contributed by atoms with van der Waals surface area (Å²) in [5, 5.41) is 8.69. The largest absolute Gasteiger partial charge is 0.478 e. The number of aromatic carboxylic acids is 1. The van der Waals surface area contributed by atoms with Gasteiger partial charge in [0.05, 0.1) is 18.8 Å². The number of benzene rings is 1. The molecule has 0 amide bonds. The van der Waals surface area contributed by atoms with Crippen molar-refractivity contribution in [3.63, 3.8) is 0 Å². The number of rotatable bonds is 2. The molecule has 86 valence electrons. The highest BCUT2D eigenvalue weighted by atomic mass is 19.1. The molecule has 1 fully saturated rings. The van der Waals surface area contributed by atoms with E-state index in [0.717, 1.165) is 0 Å². The molecule has 0 spiro atoms. The molecule has 0 unspecified atom stereocenters. The number of morpholine rings is 1. The standard InChI is InChI=1S/C11H12FNO3/c12-10-7-8(1-2-9(10)11(14)15)13-3-5-16-6-4-13/h1-2,7H,3-6H2,(H,14,15). The number of hydrogen-bond donors (Lipinski definition) is 1. The number of ether oxygens (including phenoxy) is 1. The molecule has 1 heterocycles. The Morgan fingerprint density at radius 2 is 2.06 bits per heavy atom. The average molecular weight is 225 g/mol. The second-order valence-corrected chi connectivity index (χ2v) is 3.57. The second kappa shape index (κ2) is 4.49. The molecule has 0 aliphatic carbocycles. The van der Waals surface area contributed by atoms with Crippen molar-refractivity contribution in [2.45, 2.75) is 0 Å². The third-order valence-electron chi connectivity index (χ3n) is 2.56. The predicted molar refractivity (Wildman–Crippen MR) is 56.4 cm³/mol. The van der Waals surface area contributed by atoms with E-state index >= 15 is 0 Å². The van der Waals surface area contributed by atoms with Crippen molar-refractivity contribution in [3.8, 4) is 0 Å². The molecular formula is C11H12FNO3. The van der Waals surface area contributed by atoms with E-state index in [9.17, 15) is 9.18 Å². The maximum absolute atomic E-state index is 13.4. The first-order chi connectivity index (χ1) is 7.68. The Labute approximate surface area is 92.2 Å². The van der Waals surface area contributed by atoms with Crippen LogP contribution < -0.4 is 4.90 Å². The van der Waals surface area contributed by atoms with Crippen LogP contribution in [0, 0.1) is 5.82 Å². The lowest BCUT2D eigenvalue weighted by atomic mass is 10.1. The molecule has 4 nitrogen and oxygen atoms in total. The van der Waals surface area contributed by atoms with Crippen LogP contribution in [0.15, 0.2) is 18.2 Å². The third kappa shape index (κ3) is 2.14. The fourth-order valence-electron chi connectivity index (χ4n) is 1.70. The molecule has 0 bridgehead atoms. The number of halogens is 1. The smallest absolute Gasteiger partial charge is 0.338 e. The van der Waals surface area contributed by atoms with Crippen molar-refractivity contribution >= 4 is 11.7 Å². The number of hydrogen-bond acceptors (Lipinski definition) is 3. The van der Waals surface area contributed by atoms with Gasteiger partial charge in [-0.15, -0.1) is 0 Å². The molecule has 0 aromatic heterocycles. The lowest BCUT2D eigenvalue weighted by Crippen LogP contribution is -2.36. The van der Waals surface area contributed by atoms with Crippen LogP contribution in [0.3, 0.4) is 0 Å². The van der Waals surface area contributed by atoms with Crippen LogP contribution in [-0.2, 0) is 4.74 Å². The molecule has 1 aromatic rings. The minimum absolute atomic E-state index is 0.294. The Hall–Kier alpha value is -1.62. The highest BCUT2D eigenvalue weighted by Gasteiger charge is 2.15. The Morgan fingerprint density at radius 1 is 1.38 bits per heavy atom. The molecule has 2 rings (SSSR count). The minimum Gasteiger partial charge on any atom is -0.478 e. The first-order valence-corrected chi connectivity index (χ1v) is 5.04. The van der Waals surface area contributed by atoms with Crippen LogP contribution in [0.2, 0.25) is 0 Å². The van der Waals surface area contributed by atoms with Gasteiger partial charge < -0.3 is 14.7 Å². The van der Waals surface area contributed by atoms with Gasteiger partial charge in [-0.2, -0.15) is 0 Å². The van der Waals surface area contributed by atoms with E-state index in [1.54, 1.807) is 6.07 Å². The van der Waals surface area contributed by atoms with Gasteiger partial charge >= 0.3 is 5.97 Å². The molecule has 1 aromatic carbocycles. The van der Waals surface area contributed by atoms with E-state index in [1.807, 2.05) is 4.90 Å². The van der Waals surface area contributed by atoms with Gasteiger partial charge in [0.25, 0.3) is 0 Å². The molecular weight excluding hydrogens is 213 g/mol. The molecule has 0 atom stereocenters. The van der Waals surface area contributed by atoms with Crippen LogP contribution in [0.1, 0.15) is 10.4 Å². The predicted octanol–water partition coefficient (Wildman–Crippen LogP) is 1.36. The third-order valence-corrected chi connectivity index (χ3v) is 2.56. The number of carbonyl (C=O) groups is 1. The molecule has 16 heavy (non-hydrogen) atoms. The molecule has 1 N–H and O–H groups in total. The quantitative estimate of drug-likeness (QED) is 0.825. The monoisotopic (exact) mass is 225 g/mol. The topological polar surface area (TPSA) is 49.8 Å². The molecule has 1 aliphatic rings. The summed E-state index contributed by atoms with van der Waals surface area (Å²) in [5.74, 6) is -1.94. The Bertz CT molecular complexity index is 402. The van der Waals surface area contributed by atoms with Gasteiger partial charge in [0.15, 0.2) is 0 Å². The lowest BCUT2D eigenvalue weighted by Gasteiger charge is -2.28. The highest BCUT2D eigenvalue weighted by Crippen LogP contribution is 2.19. The minimum atomic E-state index is -1.24. The first kappa shape index (κ1) is 10.9.